The van der Waals surface area contributed by atoms with Gasteiger partial charge in [-0.1, -0.05) is 12.2 Å². The van der Waals surface area contributed by atoms with Gasteiger partial charge >= 0.3 is 0 Å². The maximum absolute atomic E-state index is 10.1. The van der Waals surface area contributed by atoms with Crippen LogP contribution in [-0.4, -0.2) is 47.8 Å². The van der Waals surface area contributed by atoms with E-state index in [9.17, 15) is 5.11 Å². The molecule has 0 aliphatic rings. The number of ether oxygens (including phenoxy) is 6. The summed E-state index contributed by atoms with van der Waals surface area (Å²) < 4.78 is 33.5. The van der Waals surface area contributed by atoms with Crippen molar-refractivity contribution in [3.05, 3.63) is 29.3 Å². The molecule has 0 saturated carbocycles. The molecular formula is C22H28O7. The van der Waals surface area contributed by atoms with E-state index >= 15 is 0 Å². The van der Waals surface area contributed by atoms with E-state index in [0.29, 0.717) is 51.2 Å². The van der Waals surface area contributed by atoms with Gasteiger partial charge in [-0.05, 0) is 30.2 Å². The Morgan fingerprint density at radius 1 is 0.690 bits per heavy atom. The molecule has 0 atom stereocenters. The predicted octanol–water partition coefficient (Wildman–Crippen LogP) is 3.93. The van der Waals surface area contributed by atoms with Crippen molar-refractivity contribution in [1.82, 2.24) is 0 Å². The number of hydrogen-bond donors (Lipinski definition) is 1. The van der Waals surface area contributed by atoms with E-state index in [2.05, 4.69) is 0 Å². The lowest BCUT2D eigenvalue weighted by Gasteiger charge is -2.23. The summed E-state index contributed by atoms with van der Waals surface area (Å²) in [5.74, 6) is 2.66. The second kappa shape index (κ2) is 9.93. The van der Waals surface area contributed by atoms with E-state index in [1.165, 1.54) is 28.4 Å². The molecule has 0 aliphatic heterocycles. The van der Waals surface area contributed by atoms with Crippen LogP contribution in [0.1, 0.15) is 18.1 Å². The minimum Gasteiger partial charge on any atom is -0.493 e. The highest BCUT2D eigenvalue weighted by molar-refractivity contribution is 5.91. The van der Waals surface area contributed by atoms with E-state index in [1.807, 2.05) is 25.1 Å². The average molecular weight is 404 g/mol. The van der Waals surface area contributed by atoms with Gasteiger partial charge in [0, 0.05) is 11.1 Å². The third-order valence-corrected chi connectivity index (χ3v) is 4.54. The maximum atomic E-state index is 10.1. The summed E-state index contributed by atoms with van der Waals surface area (Å²) in [7, 11) is 9.24. The molecule has 0 bridgehead atoms. The maximum Gasteiger partial charge on any atom is 0.203 e. The molecule has 0 fully saturated rings. The van der Waals surface area contributed by atoms with Crippen LogP contribution >= 0.6 is 0 Å². The Morgan fingerprint density at radius 3 is 1.59 bits per heavy atom. The molecule has 7 nitrogen and oxygen atoms in total. The van der Waals surface area contributed by atoms with E-state index < -0.39 is 0 Å². The molecule has 7 heteroatoms. The summed E-state index contributed by atoms with van der Waals surface area (Å²) in [6.45, 7) is 1.66. The van der Waals surface area contributed by atoms with Crippen molar-refractivity contribution in [2.45, 2.75) is 13.5 Å². The van der Waals surface area contributed by atoms with Crippen LogP contribution in [0.5, 0.6) is 34.5 Å². The van der Waals surface area contributed by atoms with E-state index in [-0.39, 0.29) is 6.61 Å². The van der Waals surface area contributed by atoms with Crippen molar-refractivity contribution in [2.75, 3.05) is 42.7 Å². The lowest BCUT2D eigenvalue weighted by molar-refractivity contribution is 0.278. The highest BCUT2D eigenvalue weighted by Crippen LogP contribution is 2.54. The average Bonchev–Trinajstić information content (AvgIpc) is 2.76. The van der Waals surface area contributed by atoms with Crippen LogP contribution in [0.4, 0.5) is 0 Å². The first kappa shape index (κ1) is 22.2. The van der Waals surface area contributed by atoms with Gasteiger partial charge in [-0.25, -0.2) is 0 Å². The van der Waals surface area contributed by atoms with E-state index in [4.69, 9.17) is 28.4 Å². The first-order chi connectivity index (χ1) is 14.1. The fraction of sp³-hybridized carbons (Fsp3) is 0.364. The molecule has 2 rings (SSSR count). The number of benzene rings is 2. The highest BCUT2D eigenvalue weighted by Gasteiger charge is 2.28. The monoisotopic (exact) mass is 404 g/mol. The standard InChI is InChI=1S/C22H28O7/c1-8-9-13-10-15(24-2)19(26-4)21(28-6)17(13)18-14(12-23)11-16(25-3)20(27-5)22(18)29-7/h8-11,23H,12H2,1-7H3/b9-8-. The molecule has 29 heavy (non-hydrogen) atoms. The zero-order valence-corrected chi connectivity index (χ0v) is 17.9. The van der Waals surface area contributed by atoms with Crippen LogP contribution in [0.3, 0.4) is 0 Å². The Balaban J connectivity index is 3.11. The molecule has 2 aromatic rings. The van der Waals surface area contributed by atoms with E-state index in [0.717, 1.165) is 5.56 Å². The highest BCUT2D eigenvalue weighted by atomic mass is 16.5. The van der Waals surface area contributed by atoms with Crippen LogP contribution in [0, 0.1) is 0 Å². The van der Waals surface area contributed by atoms with Gasteiger partial charge in [0.05, 0.1) is 49.3 Å². The van der Waals surface area contributed by atoms with Crippen LogP contribution in [0.25, 0.3) is 17.2 Å². The Kier molecular flexibility index (Phi) is 7.61. The Morgan fingerprint density at radius 2 is 1.17 bits per heavy atom. The second-order valence-electron chi connectivity index (χ2n) is 5.95. The molecule has 0 unspecified atom stereocenters. The number of aliphatic hydroxyl groups excluding tert-OH is 1. The van der Waals surface area contributed by atoms with Gasteiger partial charge in [0.1, 0.15) is 0 Å². The lowest BCUT2D eigenvalue weighted by Crippen LogP contribution is -2.04. The van der Waals surface area contributed by atoms with Gasteiger partial charge in [0.15, 0.2) is 23.0 Å². The summed E-state index contributed by atoms with van der Waals surface area (Å²) in [6.07, 6.45) is 3.81. The number of rotatable bonds is 9. The fourth-order valence-corrected chi connectivity index (χ4v) is 3.35. The zero-order chi connectivity index (χ0) is 21.6. The van der Waals surface area contributed by atoms with Crippen molar-refractivity contribution < 1.29 is 33.5 Å². The third-order valence-electron chi connectivity index (χ3n) is 4.54. The second-order valence-corrected chi connectivity index (χ2v) is 5.95. The SMILES string of the molecule is C/C=C\c1cc(OC)c(OC)c(OC)c1-c1c(CO)cc(OC)c(OC)c1OC. The summed E-state index contributed by atoms with van der Waals surface area (Å²) in [6, 6.07) is 3.56. The number of allylic oxidation sites excluding steroid dienone is 1. The molecule has 0 amide bonds. The summed E-state index contributed by atoms with van der Waals surface area (Å²) in [5, 5.41) is 10.1. The molecule has 0 radical (unpaired) electrons. The Labute approximate surface area is 171 Å². The lowest BCUT2D eigenvalue weighted by atomic mass is 9.91. The predicted molar refractivity (Wildman–Crippen MR) is 112 cm³/mol. The van der Waals surface area contributed by atoms with Crippen molar-refractivity contribution in [2.24, 2.45) is 0 Å². The van der Waals surface area contributed by atoms with Crippen molar-refractivity contribution in [1.29, 1.82) is 0 Å². The molecule has 0 spiro atoms. The minimum absolute atomic E-state index is 0.251. The molecular weight excluding hydrogens is 376 g/mol. The Bertz CT molecular complexity index is 888. The number of hydrogen-bond acceptors (Lipinski definition) is 7. The topological polar surface area (TPSA) is 75.6 Å². The molecule has 2 aromatic carbocycles. The van der Waals surface area contributed by atoms with Gasteiger partial charge < -0.3 is 33.5 Å². The fourth-order valence-electron chi connectivity index (χ4n) is 3.35. The molecule has 1 N–H and O–H groups in total. The molecule has 158 valence electrons. The van der Waals surface area contributed by atoms with Crippen LogP contribution < -0.4 is 28.4 Å². The first-order valence-electron chi connectivity index (χ1n) is 8.95. The summed E-state index contributed by atoms with van der Waals surface area (Å²) in [5.41, 5.74) is 2.65. The van der Waals surface area contributed by atoms with Crippen LogP contribution in [-0.2, 0) is 6.61 Å². The number of methoxy groups -OCH3 is 6. The zero-order valence-electron chi connectivity index (χ0n) is 17.9. The quantitative estimate of drug-likeness (QED) is 0.679. The Hall–Kier alpha value is -3.06. The summed E-state index contributed by atoms with van der Waals surface area (Å²) >= 11 is 0. The van der Waals surface area contributed by atoms with Gasteiger partial charge in [0.25, 0.3) is 0 Å². The van der Waals surface area contributed by atoms with Crippen molar-refractivity contribution in [3.8, 4) is 45.6 Å². The molecule has 0 saturated heterocycles. The van der Waals surface area contributed by atoms with Crippen LogP contribution in [0.2, 0.25) is 0 Å². The minimum atomic E-state index is -0.251. The summed E-state index contributed by atoms with van der Waals surface area (Å²) in [4.78, 5) is 0. The van der Waals surface area contributed by atoms with Gasteiger partial charge in [-0.2, -0.15) is 0 Å². The largest absolute Gasteiger partial charge is 0.493 e. The third kappa shape index (κ3) is 3.91. The number of aliphatic hydroxyl groups is 1. The molecule has 0 heterocycles. The van der Waals surface area contributed by atoms with Crippen LogP contribution in [0.15, 0.2) is 18.2 Å². The van der Waals surface area contributed by atoms with Gasteiger partial charge in [-0.3, -0.25) is 0 Å². The van der Waals surface area contributed by atoms with Gasteiger partial charge in [-0.15, -0.1) is 0 Å². The van der Waals surface area contributed by atoms with Crippen molar-refractivity contribution >= 4 is 6.08 Å². The molecule has 0 aliphatic carbocycles. The van der Waals surface area contributed by atoms with Gasteiger partial charge in [0.2, 0.25) is 11.5 Å². The van der Waals surface area contributed by atoms with Crippen molar-refractivity contribution in [3.63, 3.8) is 0 Å². The first-order valence-corrected chi connectivity index (χ1v) is 8.95. The van der Waals surface area contributed by atoms with E-state index in [1.54, 1.807) is 20.3 Å². The normalized spacial score (nSPS) is 10.8. The smallest absolute Gasteiger partial charge is 0.203 e. The molecule has 0 aromatic heterocycles.